The van der Waals surface area contributed by atoms with Crippen molar-refractivity contribution in [3.05, 3.63) is 57.8 Å². The average Bonchev–Trinajstić information content (AvgIpc) is 2.32. The molecule has 0 atom stereocenters. The molecule has 4 heteroatoms. The van der Waals surface area contributed by atoms with E-state index >= 15 is 0 Å². The molecule has 2 rings (SSSR count). The van der Waals surface area contributed by atoms with Crippen LogP contribution in [-0.4, -0.2) is 6.29 Å². The van der Waals surface area contributed by atoms with E-state index in [1.165, 1.54) is 24.3 Å². The Hall–Kier alpha value is -1.38. The molecular weight excluding hydrogens is 262 g/mol. The Morgan fingerprint density at radius 1 is 1.00 bits per heavy atom. The van der Waals surface area contributed by atoms with Gasteiger partial charge in [0.25, 0.3) is 0 Å². The Balaban J connectivity index is 2.67. The molecule has 1 nitrogen and oxygen atoms in total. The first-order valence-corrected chi connectivity index (χ1v) is 5.57. The lowest BCUT2D eigenvalue weighted by molar-refractivity contribution is 0.112. The molecule has 0 heterocycles. The van der Waals surface area contributed by atoms with Crippen LogP contribution in [-0.2, 0) is 0 Å². The van der Waals surface area contributed by atoms with Crippen LogP contribution in [0, 0.1) is 5.82 Å². The van der Waals surface area contributed by atoms with Gasteiger partial charge in [0.05, 0.1) is 0 Å². The van der Waals surface area contributed by atoms with E-state index in [4.69, 9.17) is 23.2 Å². The van der Waals surface area contributed by atoms with Crippen molar-refractivity contribution >= 4 is 29.5 Å². The van der Waals surface area contributed by atoms with Crippen LogP contribution in [0.2, 0.25) is 10.0 Å². The van der Waals surface area contributed by atoms with E-state index < -0.39 is 5.82 Å². The largest absolute Gasteiger partial charge is 0.298 e. The maximum absolute atomic E-state index is 13.2. The van der Waals surface area contributed by atoms with Crippen LogP contribution in [0.15, 0.2) is 36.4 Å². The first kappa shape index (κ1) is 12.1. The highest BCUT2D eigenvalue weighted by atomic mass is 35.5. The van der Waals surface area contributed by atoms with E-state index in [-0.39, 0.29) is 0 Å². The zero-order valence-corrected chi connectivity index (χ0v) is 10.1. The van der Waals surface area contributed by atoms with Crippen molar-refractivity contribution in [1.29, 1.82) is 0 Å². The number of hydrogen-bond donors (Lipinski definition) is 0. The topological polar surface area (TPSA) is 17.1 Å². The Bertz CT molecular complexity index is 582. The second-order valence-electron chi connectivity index (χ2n) is 3.47. The fourth-order valence-corrected chi connectivity index (χ4v) is 1.98. The van der Waals surface area contributed by atoms with Gasteiger partial charge in [0.2, 0.25) is 0 Å². The molecule has 0 spiro atoms. The molecule has 86 valence electrons. The molecule has 0 saturated heterocycles. The Labute approximate surface area is 108 Å². The van der Waals surface area contributed by atoms with E-state index in [1.807, 2.05) is 0 Å². The molecule has 0 radical (unpaired) electrons. The summed E-state index contributed by atoms with van der Waals surface area (Å²) in [7, 11) is 0. The Morgan fingerprint density at radius 2 is 1.76 bits per heavy atom. The molecule has 0 N–H and O–H groups in total. The van der Waals surface area contributed by atoms with Gasteiger partial charge in [0.1, 0.15) is 5.82 Å². The molecule has 0 saturated carbocycles. The molecule has 17 heavy (non-hydrogen) atoms. The van der Waals surface area contributed by atoms with Crippen molar-refractivity contribution in [3.8, 4) is 11.1 Å². The van der Waals surface area contributed by atoms with E-state index in [0.29, 0.717) is 33.0 Å². The van der Waals surface area contributed by atoms with Gasteiger partial charge in [0, 0.05) is 21.2 Å². The highest BCUT2D eigenvalue weighted by Crippen LogP contribution is 2.31. The normalized spacial score (nSPS) is 10.3. The molecule has 0 aromatic heterocycles. The molecule has 0 aliphatic carbocycles. The van der Waals surface area contributed by atoms with Gasteiger partial charge in [-0.15, -0.1) is 0 Å². The number of carbonyl (C=O) groups is 1. The number of halogens is 3. The van der Waals surface area contributed by atoms with Gasteiger partial charge in [-0.3, -0.25) is 4.79 Å². The first-order chi connectivity index (χ1) is 8.11. The van der Waals surface area contributed by atoms with E-state index in [9.17, 15) is 9.18 Å². The zero-order chi connectivity index (χ0) is 12.4. The van der Waals surface area contributed by atoms with E-state index in [2.05, 4.69) is 0 Å². The lowest BCUT2D eigenvalue weighted by Crippen LogP contribution is -1.89. The summed E-state index contributed by atoms with van der Waals surface area (Å²) in [5, 5.41) is 0.834. The van der Waals surface area contributed by atoms with Crippen molar-refractivity contribution < 1.29 is 9.18 Å². The predicted octanol–water partition coefficient (Wildman–Crippen LogP) is 4.61. The van der Waals surface area contributed by atoms with E-state index in [0.717, 1.165) is 0 Å². The summed E-state index contributed by atoms with van der Waals surface area (Å²) in [5.41, 5.74) is 1.42. The molecular formula is C13H7Cl2FO. The molecule has 0 amide bonds. The number of carbonyl (C=O) groups excluding carboxylic acids is 1. The highest BCUT2D eigenvalue weighted by Gasteiger charge is 2.10. The third-order valence-electron chi connectivity index (χ3n) is 2.36. The summed E-state index contributed by atoms with van der Waals surface area (Å²) < 4.78 is 13.2. The van der Waals surface area contributed by atoms with Crippen LogP contribution in [0.1, 0.15) is 10.4 Å². The van der Waals surface area contributed by atoms with Gasteiger partial charge in [0.15, 0.2) is 6.29 Å². The summed E-state index contributed by atoms with van der Waals surface area (Å²) in [6.45, 7) is 0. The third kappa shape index (κ3) is 2.48. The predicted molar refractivity (Wildman–Crippen MR) is 67.2 cm³/mol. The lowest BCUT2D eigenvalue weighted by Gasteiger charge is -2.07. The summed E-state index contributed by atoms with van der Waals surface area (Å²) >= 11 is 11.8. The van der Waals surface area contributed by atoms with Crippen molar-refractivity contribution in [2.45, 2.75) is 0 Å². The number of aldehydes is 1. The standard InChI is InChI=1S/C13H7Cl2FO/c14-9-1-3-11(8(5-9)7-17)12-6-10(16)2-4-13(12)15/h1-7H. The minimum Gasteiger partial charge on any atom is -0.298 e. The number of benzene rings is 2. The highest BCUT2D eigenvalue weighted by molar-refractivity contribution is 6.33. The van der Waals surface area contributed by atoms with Gasteiger partial charge < -0.3 is 0 Å². The molecule has 0 aliphatic rings. The second-order valence-corrected chi connectivity index (χ2v) is 4.32. The monoisotopic (exact) mass is 268 g/mol. The van der Waals surface area contributed by atoms with Crippen LogP contribution < -0.4 is 0 Å². The van der Waals surface area contributed by atoms with Crippen LogP contribution in [0.25, 0.3) is 11.1 Å². The molecule has 2 aromatic rings. The molecule has 2 aromatic carbocycles. The van der Waals surface area contributed by atoms with Gasteiger partial charge in [-0.05, 0) is 35.9 Å². The maximum atomic E-state index is 13.2. The molecule has 0 bridgehead atoms. The summed E-state index contributed by atoms with van der Waals surface area (Å²) in [6, 6.07) is 8.80. The molecule has 0 unspecified atom stereocenters. The van der Waals surface area contributed by atoms with Crippen molar-refractivity contribution in [2.75, 3.05) is 0 Å². The number of rotatable bonds is 2. The third-order valence-corrected chi connectivity index (χ3v) is 2.92. The first-order valence-electron chi connectivity index (χ1n) is 4.82. The maximum Gasteiger partial charge on any atom is 0.150 e. The smallest absolute Gasteiger partial charge is 0.150 e. The van der Waals surface area contributed by atoms with E-state index in [1.54, 1.807) is 12.1 Å². The van der Waals surface area contributed by atoms with Crippen LogP contribution in [0.3, 0.4) is 0 Å². The van der Waals surface area contributed by atoms with Crippen molar-refractivity contribution in [3.63, 3.8) is 0 Å². The summed E-state index contributed by atoms with van der Waals surface area (Å²) in [5.74, 6) is -0.406. The van der Waals surface area contributed by atoms with Crippen molar-refractivity contribution in [1.82, 2.24) is 0 Å². The van der Waals surface area contributed by atoms with Gasteiger partial charge >= 0.3 is 0 Å². The van der Waals surface area contributed by atoms with Gasteiger partial charge in [-0.1, -0.05) is 29.3 Å². The summed E-state index contributed by atoms with van der Waals surface area (Å²) in [6.07, 6.45) is 0.669. The SMILES string of the molecule is O=Cc1cc(Cl)ccc1-c1cc(F)ccc1Cl. The summed E-state index contributed by atoms with van der Waals surface area (Å²) in [4.78, 5) is 11.0. The van der Waals surface area contributed by atoms with Crippen LogP contribution >= 0.6 is 23.2 Å². The van der Waals surface area contributed by atoms with Gasteiger partial charge in [-0.25, -0.2) is 4.39 Å². The minimum absolute atomic E-state index is 0.380. The van der Waals surface area contributed by atoms with Gasteiger partial charge in [-0.2, -0.15) is 0 Å². The van der Waals surface area contributed by atoms with Crippen LogP contribution in [0.4, 0.5) is 4.39 Å². The van der Waals surface area contributed by atoms with Crippen LogP contribution in [0.5, 0.6) is 0 Å². The fourth-order valence-electron chi connectivity index (χ4n) is 1.58. The minimum atomic E-state index is -0.406. The Kier molecular flexibility index (Phi) is 3.46. The van der Waals surface area contributed by atoms with Crippen molar-refractivity contribution in [2.24, 2.45) is 0 Å². The molecule has 0 fully saturated rings. The number of hydrogen-bond acceptors (Lipinski definition) is 1. The average molecular weight is 269 g/mol. The molecule has 0 aliphatic heterocycles. The quantitative estimate of drug-likeness (QED) is 0.727. The second kappa shape index (κ2) is 4.86. The lowest BCUT2D eigenvalue weighted by atomic mass is 10.0. The zero-order valence-electron chi connectivity index (χ0n) is 8.58. The fraction of sp³-hybridized carbons (Fsp3) is 0. The Morgan fingerprint density at radius 3 is 2.47 bits per heavy atom.